The fourth-order valence-electron chi connectivity index (χ4n) is 3.59. The monoisotopic (exact) mass is 484 g/mol. The first-order valence-electron chi connectivity index (χ1n) is 11.1. The highest BCUT2D eigenvalue weighted by atomic mass is 35.5. The molecule has 2 amide bonds. The number of amides is 2. The number of hydrogen-bond donors (Lipinski definition) is 4. The first-order valence-corrected chi connectivity index (χ1v) is 11.5. The molecule has 0 saturated carbocycles. The van der Waals surface area contributed by atoms with Gasteiger partial charge in [0.2, 0.25) is 0 Å². The van der Waals surface area contributed by atoms with E-state index in [4.69, 9.17) is 17.3 Å². The molecular formula is C28H25ClN4O2. The minimum atomic E-state index is -0.252. The van der Waals surface area contributed by atoms with Crippen LogP contribution >= 0.6 is 11.6 Å². The van der Waals surface area contributed by atoms with E-state index in [1.807, 2.05) is 54.6 Å². The molecular weight excluding hydrogens is 460 g/mol. The Morgan fingerprint density at radius 1 is 0.743 bits per heavy atom. The van der Waals surface area contributed by atoms with E-state index in [-0.39, 0.29) is 11.8 Å². The Morgan fingerprint density at radius 2 is 1.43 bits per heavy atom. The second-order valence-electron chi connectivity index (χ2n) is 7.96. The van der Waals surface area contributed by atoms with Crippen molar-refractivity contribution in [3.05, 3.63) is 124 Å². The van der Waals surface area contributed by atoms with E-state index >= 15 is 0 Å². The lowest BCUT2D eigenvalue weighted by Crippen LogP contribution is -2.24. The molecule has 0 atom stereocenters. The van der Waals surface area contributed by atoms with Crippen LogP contribution in [0.25, 0.3) is 0 Å². The van der Waals surface area contributed by atoms with Crippen LogP contribution in [-0.2, 0) is 13.1 Å². The fourth-order valence-corrected chi connectivity index (χ4v) is 3.80. The van der Waals surface area contributed by atoms with Gasteiger partial charge in [0, 0.05) is 35.1 Å². The van der Waals surface area contributed by atoms with Crippen molar-refractivity contribution in [2.45, 2.75) is 13.1 Å². The summed E-state index contributed by atoms with van der Waals surface area (Å²) < 4.78 is 0. The van der Waals surface area contributed by atoms with E-state index in [9.17, 15) is 9.59 Å². The fraction of sp³-hybridized carbons (Fsp3) is 0.0714. The van der Waals surface area contributed by atoms with E-state index in [0.717, 1.165) is 11.1 Å². The molecule has 0 aromatic heterocycles. The van der Waals surface area contributed by atoms with Gasteiger partial charge in [0.25, 0.3) is 11.8 Å². The summed E-state index contributed by atoms with van der Waals surface area (Å²) in [4.78, 5) is 25.6. The van der Waals surface area contributed by atoms with Crippen molar-refractivity contribution in [1.82, 2.24) is 10.6 Å². The van der Waals surface area contributed by atoms with Crippen LogP contribution in [0.4, 0.5) is 17.1 Å². The summed E-state index contributed by atoms with van der Waals surface area (Å²) in [7, 11) is 0. The topological polar surface area (TPSA) is 96.2 Å². The molecule has 4 rings (SSSR count). The van der Waals surface area contributed by atoms with E-state index < -0.39 is 0 Å². The highest BCUT2D eigenvalue weighted by Crippen LogP contribution is 2.24. The number of anilines is 3. The lowest BCUT2D eigenvalue weighted by atomic mass is 10.1. The maximum absolute atomic E-state index is 12.9. The number of halogens is 1. The minimum Gasteiger partial charge on any atom is -0.399 e. The SMILES string of the molecule is Nc1cc(Nc2ccccc2C(=O)NCc2ccccc2Cl)cc(C(=O)NCc2ccccc2)c1. The molecule has 35 heavy (non-hydrogen) atoms. The molecule has 0 aliphatic heterocycles. The molecule has 7 heteroatoms. The largest absolute Gasteiger partial charge is 0.399 e. The van der Waals surface area contributed by atoms with Gasteiger partial charge in [0.1, 0.15) is 0 Å². The van der Waals surface area contributed by atoms with Crippen LogP contribution in [0.5, 0.6) is 0 Å². The standard InChI is InChI=1S/C28H25ClN4O2/c29-25-12-6-4-10-20(25)18-32-28(35)24-11-5-7-13-26(24)33-23-15-21(14-22(30)16-23)27(34)31-17-19-8-2-1-3-9-19/h1-16,33H,17-18,30H2,(H,31,34)(H,32,35). The van der Waals surface area contributed by atoms with Crippen LogP contribution in [0.1, 0.15) is 31.8 Å². The Labute approximate surface area is 209 Å². The van der Waals surface area contributed by atoms with Gasteiger partial charge in [0.15, 0.2) is 0 Å². The zero-order valence-corrected chi connectivity index (χ0v) is 19.7. The van der Waals surface area contributed by atoms with Crippen molar-refractivity contribution in [2.75, 3.05) is 11.1 Å². The van der Waals surface area contributed by atoms with Gasteiger partial charge >= 0.3 is 0 Å². The average Bonchev–Trinajstić information content (AvgIpc) is 2.87. The normalized spacial score (nSPS) is 10.4. The lowest BCUT2D eigenvalue weighted by Gasteiger charge is -2.14. The summed E-state index contributed by atoms with van der Waals surface area (Å²) in [5.74, 6) is -0.493. The lowest BCUT2D eigenvalue weighted by molar-refractivity contribution is 0.0943. The molecule has 176 valence electrons. The minimum absolute atomic E-state index is 0.241. The van der Waals surface area contributed by atoms with E-state index in [1.165, 1.54) is 0 Å². The van der Waals surface area contributed by atoms with E-state index in [0.29, 0.717) is 46.3 Å². The number of nitrogen functional groups attached to an aromatic ring is 1. The molecule has 0 heterocycles. The number of para-hydroxylation sites is 1. The number of nitrogens with two attached hydrogens (primary N) is 1. The third-order valence-electron chi connectivity index (χ3n) is 5.36. The predicted octanol–water partition coefficient (Wildman–Crippen LogP) is 5.53. The number of rotatable bonds is 8. The van der Waals surface area contributed by atoms with Crippen molar-refractivity contribution in [3.63, 3.8) is 0 Å². The molecule has 4 aromatic carbocycles. The molecule has 0 saturated heterocycles. The van der Waals surface area contributed by atoms with Gasteiger partial charge in [-0.05, 0) is 47.5 Å². The van der Waals surface area contributed by atoms with Gasteiger partial charge in [0.05, 0.1) is 11.3 Å². The van der Waals surface area contributed by atoms with Crippen molar-refractivity contribution in [2.24, 2.45) is 0 Å². The summed E-state index contributed by atoms with van der Waals surface area (Å²) in [6.07, 6.45) is 0. The van der Waals surface area contributed by atoms with Crippen molar-refractivity contribution >= 4 is 40.5 Å². The van der Waals surface area contributed by atoms with Crippen LogP contribution in [0, 0.1) is 0 Å². The van der Waals surface area contributed by atoms with Gasteiger partial charge in [-0.15, -0.1) is 0 Å². The van der Waals surface area contributed by atoms with Crippen LogP contribution in [-0.4, -0.2) is 11.8 Å². The Hall–Kier alpha value is -4.29. The Bertz CT molecular complexity index is 1340. The number of nitrogens with one attached hydrogen (secondary N) is 3. The second kappa shape index (κ2) is 11.2. The number of carbonyl (C=O) groups is 2. The quantitative estimate of drug-likeness (QED) is 0.247. The zero-order chi connectivity index (χ0) is 24.6. The molecule has 0 aliphatic carbocycles. The van der Waals surface area contributed by atoms with Crippen molar-refractivity contribution in [3.8, 4) is 0 Å². The number of benzene rings is 4. The summed E-state index contributed by atoms with van der Waals surface area (Å²) in [6.45, 7) is 0.711. The Kier molecular flexibility index (Phi) is 7.65. The highest BCUT2D eigenvalue weighted by molar-refractivity contribution is 6.31. The molecule has 0 aliphatic rings. The third kappa shape index (κ3) is 6.40. The maximum Gasteiger partial charge on any atom is 0.253 e. The maximum atomic E-state index is 12.9. The zero-order valence-electron chi connectivity index (χ0n) is 18.9. The summed E-state index contributed by atoms with van der Waals surface area (Å²) in [6, 6.07) is 29.2. The summed E-state index contributed by atoms with van der Waals surface area (Å²) in [5, 5.41) is 9.63. The molecule has 6 nitrogen and oxygen atoms in total. The molecule has 5 N–H and O–H groups in total. The molecule has 0 bridgehead atoms. The van der Waals surface area contributed by atoms with Crippen LogP contribution < -0.4 is 21.7 Å². The smallest absolute Gasteiger partial charge is 0.253 e. The van der Waals surface area contributed by atoms with Gasteiger partial charge in [-0.25, -0.2) is 0 Å². The van der Waals surface area contributed by atoms with Gasteiger partial charge < -0.3 is 21.7 Å². The predicted molar refractivity (Wildman–Crippen MR) is 141 cm³/mol. The van der Waals surface area contributed by atoms with Crippen LogP contribution in [0.3, 0.4) is 0 Å². The average molecular weight is 485 g/mol. The molecule has 4 aromatic rings. The number of hydrogen-bond acceptors (Lipinski definition) is 4. The van der Waals surface area contributed by atoms with E-state index in [2.05, 4.69) is 16.0 Å². The van der Waals surface area contributed by atoms with Crippen LogP contribution in [0.15, 0.2) is 97.1 Å². The summed E-state index contributed by atoms with van der Waals surface area (Å²) in [5.41, 5.74) is 10.4. The Balaban J connectivity index is 1.47. The first-order chi connectivity index (χ1) is 17.0. The van der Waals surface area contributed by atoms with E-state index in [1.54, 1.807) is 42.5 Å². The van der Waals surface area contributed by atoms with Gasteiger partial charge in [-0.2, -0.15) is 0 Å². The molecule has 0 fully saturated rings. The van der Waals surface area contributed by atoms with Crippen molar-refractivity contribution < 1.29 is 9.59 Å². The molecule has 0 radical (unpaired) electrons. The highest BCUT2D eigenvalue weighted by Gasteiger charge is 2.13. The van der Waals surface area contributed by atoms with Crippen LogP contribution in [0.2, 0.25) is 5.02 Å². The second-order valence-corrected chi connectivity index (χ2v) is 8.36. The Morgan fingerprint density at radius 3 is 2.23 bits per heavy atom. The number of carbonyl (C=O) groups excluding carboxylic acids is 2. The van der Waals surface area contributed by atoms with Crippen molar-refractivity contribution in [1.29, 1.82) is 0 Å². The third-order valence-corrected chi connectivity index (χ3v) is 5.73. The first kappa shape index (κ1) is 23.9. The van der Waals surface area contributed by atoms with Gasteiger partial charge in [-0.1, -0.05) is 72.3 Å². The molecule has 0 unspecified atom stereocenters. The van der Waals surface area contributed by atoms with Gasteiger partial charge in [-0.3, -0.25) is 9.59 Å². The molecule has 0 spiro atoms. The summed E-state index contributed by atoms with van der Waals surface area (Å²) >= 11 is 6.20.